The molecule has 1 heterocycles. The van der Waals surface area contributed by atoms with Crippen LogP contribution in [0, 0.1) is 0 Å². The van der Waals surface area contributed by atoms with E-state index in [0.717, 1.165) is 13.2 Å². The molecule has 17 heavy (non-hydrogen) atoms. The van der Waals surface area contributed by atoms with E-state index < -0.39 is 35.8 Å². The number of hydrogen-bond acceptors (Lipinski definition) is 6. The van der Waals surface area contributed by atoms with Crippen LogP contribution in [0.4, 0.5) is 0 Å². The van der Waals surface area contributed by atoms with Gasteiger partial charge in [-0.25, -0.2) is 21.6 Å². The van der Waals surface area contributed by atoms with E-state index in [2.05, 4.69) is 4.74 Å². The Bertz CT molecular complexity index is 704. The van der Waals surface area contributed by atoms with Crippen LogP contribution in [-0.2, 0) is 24.8 Å². The molecule has 0 saturated carbocycles. The van der Waals surface area contributed by atoms with Crippen molar-refractivity contribution in [3.63, 3.8) is 0 Å². The minimum atomic E-state index is -4.24. The summed E-state index contributed by atoms with van der Waals surface area (Å²) in [6.45, 7) is 0. The van der Waals surface area contributed by atoms with E-state index in [1.807, 2.05) is 0 Å². The topological polar surface area (TPSA) is 107 Å². The Hall–Kier alpha value is -1.45. The zero-order valence-corrected chi connectivity index (χ0v) is 10.1. The van der Waals surface area contributed by atoms with Gasteiger partial charge in [0, 0.05) is 0 Å². The van der Waals surface area contributed by atoms with Gasteiger partial charge in [0.25, 0.3) is 20.0 Å². The van der Waals surface area contributed by atoms with E-state index in [1.165, 1.54) is 16.3 Å². The first-order valence-corrected chi connectivity index (χ1v) is 7.26. The van der Waals surface area contributed by atoms with Crippen molar-refractivity contribution in [1.29, 1.82) is 0 Å². The van der Waals surface area contributed by atoms with Gasteiger partial charge < -0.3 is 4.74 Å². The highest BCUT2D eigenvalue weighted by molar-refractivity contribution is 8.07. The molecule has 0 amide bonds. The molecule has 1 aromatic carbocycles. The molecule has 0 aromatic heterocycles. The molecule has 0 bridgehead atoms. The average Bonchev–Trinajstić information content (AvgIpc) is 2.44. The lowest BCUT2D eigenvalue weighted by Gasteiger charge is -2.02. The molecule has 92 valence electrons. The van der Waals surface area contributed by atoms with Crippen LogP contribution < -0.4 is 4.13 Å². The van der Waals surface area contributed by atoms with E-state index >= 15 is 0 Å². The van der Waals surface area contributed by atoms with Crippen LogP contribution in [0.3, 0.4) is 0 Å². The van der Waals surface area contributed by atoms with Gasteiger partial charge in [-0.15, -0.1) is 4.13 Å². The quantitative estimate of drug-likeness (QED) is 0.690. The van der Waals surface area contributed by atoms with Gasteiger partial charge in [0.1, 0.15) is 9.79 Å². The standard InChI is InChI=1S/C8H7NO6S2/c1-15-8(10)5-3-2-4-6-7(5)17(13,14)9-16(6,11)12/h2-4,9H,1H3. The molecule has 2 rings (SSSR count). The largest absolute Gasteiger partial charge is 0.465 e. The van der Waals surface area contributed by atoms with Crippen molar-refractivity contribution in [1.82, 2.24) is 4.13 Å². The molecule has 0 aliphatic carbocycles. The van der Waals surface area contributed by atoms with Crippen molar-refractivity contribution in [3.8, 4) is 0 Å². The number of fused-ring (bicyclic) bond motifs is 1. The maximum atomic E-state index is 11.6. The van der Waals surface area contributed by atoms with Crippen molar-refractivity contribution in [2.24, 2.45) is 0 Å². The SMILES string of the molecule is COC(=O)c1cccc2c1S(=O)(=O)NS2(=O)=O. The summed E-state index contributed by atoms with van der Waals surface area (Å²) in [4.78, 5) is 10.4. The number of ether oxygens (including phenoxy) is 1. The van der Waals surface area contributed by atoms with Crippen LogP contribution in [0.5, 0.6) is 0 Å². The number of carbonyl (C=O) groups excluding carboxylic acids is 1. The van der Waals surface area contributed by atoms with Crippen molar-refractivity contribution in [2.45, 2.75) is 9.79 Å². The number of hydrogen-bond donors (Lipinski definition) is 1. The predicted octanol–water partition coefficient (Wildman–Crippen LogP) is -0.546. The molecular weight excluding hydrogens is 270 g/mol. The first kappa shape index (κ1) is 12.0. The second-order valence-corrected chi connectivity index (χ2v) is 6.74. The monoisotopic (exact) mass is 277 g/mol. The Kier molecular flexibility index (Phi) is 2.49. The number of benzene rings is 1. The first-order valence-electron chi connectivity index (χ1n) is 4.29. The first-order chi connectivity index (χ1) is 7.79. The fraction of sp³-hybridized carbons (Fsp3) is 0.125. The summed E-state index contributed by atoms with van der Waals surface area (Å²) < 4.78 is 52.1. The molecule has 0 radical (unpaired) electrons. The Morgan fingerprint density at radius 1 is 1.18 bits per heavy atom. The fourth-order valence-electron chi connectivity index (χ4n) is 1.51. The van der Waals surface area contributed by atoms with Gasteiger partial charge in [0.2, 0.25) is 0 Å². The van der Waals surface area contributed by atoms with Crippen molar-refractivity contribution >= 4 is 26.0 Å². The van der Waals surface area contributed by atoms with Gasteiger partial charge in [-0.05, 0) is 12.1 Å². The predicted molar refractivity (Wildman–Crippen MR) is 55.3 cm³/mol. The number of nitrogens with one attached hydrogen (secondary N) is 1. The molecule has 0 unspecified atom stereocenters. The number of methoxy groups -OCH3 is 1. The van der Waals surface area contributed by atoms with E-state index in [1.54, 1.807) is 0 Å². The second kappa shape index (κ2) is 3.52. The average molecular weight is 277 g/mol. The lowest BCUT2D eigenvalue weighted by molar-refractivity contribution is 0.0596. The molecule has 0 saturated heterocycles. The Morgan fingerprint density at radius 2 is 1.82 bits per heavy atom. The highest BCUT2D eigenvalue weighted by atomic mass is 32.3. The molecule has 1 N–H and O–H groups in total. The molecule has 0 fully saturated rings. The second-order valence-electron chi connectivity index (χ2n) is 3.21. The number of carbonyl (C=O) groups is 1. The Balaban J connectivity index is 2.89. The molecule has 1 aliphatic heterocycles. The van der Waals surface area contributed by atoms with Crippen LogP contribution in [0.2, 0.25) is 0 Å². The van der Waals surface area contributed by atoms with Gasteiger partial charge in [-0.3, -0.25) is 0 Å². The summed E-state index contributed by atoms with van der Waals surface area (Å²) in [5.41, 5.74) is -0.307. The summed E-state index contributed by atoms with van der Waals surface area (Å²) >= 11 is 0. The minimum absolute atomic E-state index is 0.307. The van der Waals surface area contributed by atoms with Crippen LogP contribution in [0.25, 0.3) is 0 Å². The summed E-state index contributed by atoms with van der Waals surface area (Å²) in [6.07, 6.45) is 0. The van der Waals surface area contributed by atoms with Gasteiger partial charge in [-0.1, -0.05) is 6.07 Å². The fourth-order valence-corrected chi connectivity index (χ4v) is 5.40. The van der Waals surface area contributed by atoms with Crippen LogP contribution >= 0.6 is 0 Å². The zero-order chi connectivity index (χ0) is 12.8. The zero-order valence-electron chi connectivity index (χ0n) is 8.50. The lowest BCUT2D eigenvalue weighted by Crippen LogP contribution is -2.22. The minimum Gasteiger partial charge on any atom is -0.465 e. The third kappa shape index (κ3) is 1.72. The number of esters is 1. The van der Waals surface area contributed by atoms with Crippen LogP contribution in [0.1, 0.15) is 10.4 Å². The highest BCUT2D eigenvalue weighted by Crippen LogP contribution is 2.31. The lowest BCUT2D eigenvalue weighted by atomic mass is 10.2. The summed E-state index contributed by atoms with van der Waals surface area (Å²) in [5.74, 6) is -0.913. The molecule has 9 heteroatoms. The number of sulfonamides is 2. The van der Waals surface area contributed by atoms with E-state index in [4.69, 9.17) is 0 Å². The van der Waals surface area contributed by atoms with Crippen LogP contribution in [0.15, 0.2) is 28.0 Å². The maximum Gasteiger partial charge on any atom is 0.339 e. The van der Waals surface area contributed by atoms with Gasteiger partial charge in [0.05, 0.1) is 12.7 Å². The van der Waals surface area contributed by atoms with Crippen LogP contribution in [-0.4, -0.2) is 29.9 Å². The van der Waals surface area contributed by atoms with E-state index in [9.17, 15) is 21.6 Å². The smallest absolute Gasteiger partial charge is 0.339 e. The van der Waals surface area contributed by atoms with Gasteiger partial charge in [-0.2, -0.15) is 0 Å². The third-order valence-electron chi connectivity index (χ3n) is 2.16. The highest BCUT2D eigenvalue weighted by Gasteiger charge is 2.41. The maximum absolute atomic E-state index is 11.6. The molecular formula is C8H7NO6S2. The summed E-state index contributed by atoms with van der Waals surface area (Å²) in [6, 6.07) is 3.56. The van der Waals surface area contributed by atoms with Crippen molar-refractivity contribution in [3.05, 3.63) is 23.8 Å². The molecule has 7 nitrogen and oxygen atoms in total. The number of rotatable bonds is 1. The van der Waals surface area contributed by atoms with Crippen molar-refractivity contribution < 1.29 is 26.4 Å². The van der Waals surface area contributed by atoms with Gasteiger partial charge in [0.15, 0.2) is 0 Å². The Morgan fingerprint density at radius 3 is 2.41 bits per heavy atom. The van der Waals surface area contributed by atoms with Crippen molar-refractivity contribution in [2.75, 3.05) is 7.11 Å². The third-order valence-corrected chi connectivity index (χ3v) is 5.94. The van der Waals surface area contributed by atoms with Gasteiger partial charge >= 0.3 is 5.97 Å². The van der Waals surface area contributed by atoms with E-state index in [0.29, 0.717) is 0 Å². The molecule has 1 aromatic rings. The summed E-state index contributed by atoms with van der Waals surface area (Å²) in [7, 11) is -7.29. The van der Waals surface area contributed by atoms with E-state index in [-0.39, 0.29) is 5.56 Å². The summed E-state index contributed by atoms with van der Waals surface area (Å²) in [5, 5.41) is 0. The Labute approximate surface area is 97.5 Å². The molecule has 0 spiro atoms. The molecule has 1 aliphatic rings. The molecule has 0 atom stereocenters. The normalized spacial score (nSPS) is 19.6.